The number of methoxy groups -OCH3 is 1. The maximum absolute atomic E-state index is 14.1. The SMILES string of the molecule is COc1cc(Nc2ncc(Br)c(Nc3cc(F)ccc3C(C)(C)O)n2)ccc1N1CCC(N2CCN(C)CC2)CC1. The zero-order chi connectivity index (χ0) is 29.1. The molecule has 0 radical (unpaired) electrons. The van der Waals surface area contributed by atoms with Crippen LogP contribution in [0.5, 0.6) is 5.75 Å². The Kier molecular flexibility index (Phi) is 8.98. The van der Waals surface area contributed by atoms with Gasteiger partial charge in [0.2, 0.25) is 5.95 Å². The first kappa shape index (κ1) is 29.5. The third-order valence-corrected chi connectivity index (χ3v) is 8.51. The van der Waals surface area contributed by atoms with Crippen molar-refractivity contribution in [1.82, 2.24) is 19.8 Å². The van der Waals surface area contributed by atoms with Crippen LogP contribution in [0.2, 0.25) is 0 Å². The molecule has 220 valence electrons. The molecule has 11 heteroatoms. The summed E-state index contributed by atoms with van der Waals surface area (Å²) in [6.45, 7) is 9.91. The average Bonchev–Trinajstić information content (AvgIpc) is 2.95. The Morgan fingerprint density at radius 1 is 1.02 bits per heavy atom. The van der Waals surface area contributed by atoms with Gasteiger partial charge < -0.3 is 30.3 Å². The summed E-state index contributed by atoms with van der Waals surface area (Å²) < 4.78 is 20.5. The molecule has 5 rings (SSSR count). The van der Waals surface area contributed by atoms with Gasteiger partial charge in [-0.1, -0.05) is 6.07 Å². The van der Waals surface area contributed by atoms with Gasteiger partial charge >= 0.3 is 0 Å². The molecule has 2 saturated heterocycles. The molecule has 0 atom stereocenters. The number of nitrogens with one attached hydrogen (secondary N) is 2. The van der Waals surface area contributed by atoms with Crippen molar-refractivity contribution in [3.05, 3.63) is 58.4 Å². The summed E-state index contributed by atoms with van der Waals surface area (Å²) in [5, 5.41) is 17.0. The molecule has 3 heterocycles. The largest absolute Gasteiger partial charge is 0.495 e. The first-order valence-electron chi connectivity index (χ1n) is 14.1. The number of hydrogen-bond donors (Lipinski definition) is 3. The number of rotatable bonds is 8. The summed E-state index contributed by atoms with van der Waals surface area (Å²) in [6, 6.07) is 10.9. The van der Waals surface area contributed by atoms with Gasteiger partial charge in [-0.25, -0.2) is 9.37 Å². The normalized spacial score (nSPS) is 17.5. The highest BCUT2D eigenvalue weighted by molar-refractivity contribution is 9.10. The first-order chi connectivity index (χ1) is 19.6. The third-order valence-electron chi connectivity index (χ3n) is 7.93. The van der Waals surface area contributed by atoms with Crippen LogP contribution >= 0.6 is 15.9 Å². The van der Waals surface area contributed by atoms with E-state index in [0.717, 1.165) is 69.2 Å². The van der Waals surface area contributed by atoms with E-state index in [1.165, 1.54) is 12.1 Å². The summed E-state index contributed by atoms with van der Waals surface area (Å²) in [5.41, 5.74) is 1.67. The predicted molar refractivity (Wildman–Crippen MR) is 165 cm³/mol. The predicted octanol–water partition coefficient (Wildman–Crippen LogP) is 5.32. The van der Waals surface area contributed by atoms with Crippen LogP contribution < -0.4 is 20.3 Å². The zero-order valence-corrected chi connectivity index (χ0v) is 25.7. The first-order valence-corrected chi connectivity index (χ1v) is 14.8. The van der Waals surface area contributed by atoms with Crippen LogP contribution in [-0.4, -0.2) is 84.3 Å². The Bertz CT molecular complexity index is 1350. The van der Waals surface area contributed by atoms with Crippen LogP contribution in [0, 0.1) is 5.82 Å². The second-order valence-corrected chi connectivity index (χ2v) is 12.2. The minimum absolute atomic E-state index is 0.361. The summed E-state index contributed by atoms with van der Waals surface area (Å²) >= 11 is 3.47. The summed E-state index contributed by atoms with van der Waals surface area (Å²) in [6.07, 6.45) is 3.92. The number of benzene rings is 2. The fraction of sp³-hybridized carbons (Fsp3) is 0.467. The topological polar surface area (TPSA) is 89.0 Å². The molecule has 0 bridgehead atoms. The summed E-state index contributed by atoms with van der Waals surface area (Å²) in [7, 11) is 3.89. The lowest BCUT2D eigenvalue weighted by Gasteiger charge is -2.42. The quantitative estimate of drug-likeness (QED) is 0.307. The number of ether oxygens (including phenoxy) is 1. The molecule has 0 aliphatic carbocycles. The number of piperazine rings is 1. The van der Waals surface area contributed by atoms with Gasteiger partial charge in [0, 0.05) is 74.5 Å². The van der Waals surface area contributed by atoms with E-state index in [9.17, 15) is 9.50 Å². The van der Waals surface area contributed by atoms with Gasteiger partial charge in [0.25, 0.3) is 0 Å². The Labute approximate surface area is 249 Å². The molecule has 2 aromatic carbocycles. The smallest absolute Gasteiger partial charge is 0.229 e. The Balaban J connectivity index is 1.28. The van der Waals surface area contributed by atoms with Gasteiger partial charge in [0.05, 0.1) is 22.9 Å². The molecule has 3 N–H and O–H groups in total. The fourth-order valence-electron chi connectivity index (χ4n) is 5.60. The maximum Gasteiger partial charge on any atom is 0.229 e. The summed E-state index contributed by atoms with van der Waals surface area (Å²) in [5.74, 6) is 1.17. The van der Waals surface area contributed by atoms with Crippen LogP contribution in [0.25, 0.3) is 0 Å². The van der Waals surface area contributed by atoms with Crippen LogP contribution in [0.1, 0.15) is 32.3 Å². The van der Waals surface area contributed by atoms with Gasteiger partial charge in [-0.05, 0) is 73.9 Å². The van der Waals surface area contributed by atoms with E-state index in [-0.39, 0.29) is 0 Å². The maximum atomic E-state index is 14.1. The number of likely N-dealkylation sites (N-methyl/N-ethyl adjacent to an activating group) is 1. The van der Waals surface area contributed by atoms with Gasteiger partial charge in [-0.15, -0.1) is 0 Å². The second-order valence-electron chi connectivity index (χ2n) is 11.3. The van der Waals surface area contributed by atoms with Crippen molar-refractivity contribution >= 4 is 44.8 Å². The number of anilines is 5. The standard InChI is InChI=1S/C30H39BrFN7O2/c1-30(2,40)23-7-5-20(32)17-25(23)35-28-24(31)19-33-29(36-28)34-21-6-8-26(27(18-21)41-4)39-11-9-22(10-12-39)38-15-13-37(3)14-16-38/h5-8,17-19,22,40H,9-16H2,1-4H3,(H2,33,34,35,36). The molecule has 0 saturated carbocycles. The molecule has 0 spiro atoms. The highest BCUT2D eigenvalue weighted by Gasteiger charge is 2.28. The highest BCUT2D eigenvalue weighted by Crippen LogP contribution is 2.36. The molecule has 2 fully saturated rings. The molecular formula is C30H39BrFN7O2. The van der Waals surface area contributed by atoms with Crippen molar-refractivity contribution in [3.63, 3.8) is 0 Å². The Morgan fingerprint density at radius 3 is 2.44 bits per heavy atom. The van der Waals surface area contributed by atoms with Crippen molar-refractivity contribution in [3.8, 4) is 5.75 Å². The van der Waals surface area contributed by atoms with E-state index < -0.39 is 11.4 Å². The number of aliphatic hydroxyl groups is 1. The number of piperidine rings is 1. The number of halogens is 2. The zero-order valence-electron chi connectivity index (χ0n) is 24.1. The Morgan fingerprint density at radius 2 is 1.76 bits per heavy atom. The minimum Gasteiger partial charge on any atom is -0.495 e. The van der Waals surface area contributed by atoms with Crippen LogP contribution in [0.4, 0.5) is 33.2 Å². The highest BCUT2D eigenvalue weighted by atomic mass is 79.9. The summed E-state index contributed by atoms with van der Waals surface area (Å²) in [4.78, 5) is 16.5. The van der Waals surface area contributed by atoms with Crippen LogP contribution in [-0.2, 0) is 5.60 Å². The van der Waals surface area contributed by atoms with Gasteiger partial charge in [0.15, 0.2) is 0 Å². The van der Waals surface area contributed by atoms with Gasteiger partial charge in [-0.2, -0.15) is 4.98 Å². The van der Waals surface area contributed by atoms with E-state index in [1.807, 2.05) is 12.1 Å². The Hall–Kier alpha value is -2.99. The molecule has 9 nitrogen and oxygen atoms in total. The molecule has 0 unspecified atom stereocenters. The van der Waals surface area contributed by atoms with E-state index >= 15 is 0 Å². The minimum atomic E-state index is -1.17. The lowest BCUT2D eigenvalue weighted by molar-refractivity contribution is 0.0793. The van der Waals surface area contributed by atoms with E-state index in [1.54, 1.807) is 33.2 Å². The number of hydrogen-bond acceptors (Lipinski definition) is 9. The molecule has 3 aromatic rings. The lowest BCUT2D eigenvalue weighted by atomic mass is 9.96. The number of nitrogens with zero attached hydrogens (tertiary/aromatic N) is 5. The monoisotopic (exact) mass is 627 g/mol. The van der Waals surface area contributed by atoms with Crippen molar-refractivity contribution < 1.29 is 14.2 Å². The molecule has 1 aromatic heterocycles. The van der Waals surface area contributed by atoms with Crippen molar-refractivity contribution in [2.45, 2.75) is 38.3 Å². The third kappa shape index (κ3) is 7.09. The van der Waals surface area contributed by atoms with Crippen molar-refractivity contribution in [2.75, 3.05) is 69.0 Å². The van der Waals surface area contributed by atoms with E-state index in [2.05, 4.69) is 64.3 Å². The molecule has 41 heavy (non-hydrogen) atoms. The van der Waals surface area contributed by atoms with E-state index in [4.69, 9.17) is 4.74 Å². The van der Waals surface area contributed by atoms with Crippen LogP contribution in [0.3, 0.4) is 0 Å². The molecular weight excluding hydrogens is 589 g/mol. The lowest BCUT2D eigenvalue weighted by Crippen LogP contribution is -2.52. The number of aromatic nitrogens is 2. The van der Waals surface area contributed by atoms with Crippen molar-refractivity contribution in [1.29, 1.82) is 0 Å². The van der Waals surface area contributed by atoms with E-state index in [0.29, 0.717) is 33.5 Å². The molecule has 2 aliphatic rings. The van der Waals surface area contributed by atoms with Crippen LogP contribution in [0.15, 0.2) is 47.1 Å². The van der Waals surface area contributed by atoms with Gasteiger partial charge in [0.1, 0.15) is 17.4 Å². The average molecular weight is 629 g/mol. The molecule has 0 amide bonds. The van der Waals surface area contributed by atoms with Crippen molar-refractivity contribution in [2.24, 2.45) is 0 Å². The fourth-order valence-corrected chi connectivity index (χ4v) is 5.89. The second kappa shape index (κ2) is 12.5. The molecule has 2 aliphatic heterocycles. The van der Waals surface area contributed by atoms with Gasteiger partial charge in [-0.3, -0.25) is 4.90 Å².